The van der Waals surface area contributed by atoms with Crippen LogP contribution in [-0.4, -0.2) is 20.7 Å². The van der Waals surface area contributed by atoms with Gasteiger partial charge < -0.3 is 11.1 Å². The van der Waals surface area contributed by atoms with Crippen LogP contribution in [0, 0.1) is 11.3 Å². The van der Waals surface area contributed by atoms with E-state index in [0.29, 0.717) is 16.3 Å². The lowest BCUT2D eigenvalue weighted by Gasteiger charge is -2.07. The van der Waals surface area contributed by atoms with Gasteiger partial charge in [0.1, 0.15) is 18.9 Å². The van der Waals surface area contributed by atoms with Gasteiger partial charge in [0.2, 0.25) is 11.9 Å². The van der Waals surface area contributed by atoms with E-state index in [1.807, 2.05) is 6.07 Å². The minimum atomic E-state index is -0.358. The van der Waals surface area contributed by atoms with E-state index in [4.69, 9.17) is 22.6 Å². The summed E-state index contributed by atoms with van der Waals surface area (Å²) in [5.41, 5.74) is 6.02. The van der Waals surface area contributed by atoms with Gasteiger partial charge in [-0.1, -0.05) is 11.6 Å². The number of rotatable bonds is 3. The minimum absolute atomic E-state index is 0.0540. The van der Waals surface area contributed by atoms with Gasteiger partial charge in [0, 0.05) is 5.02 Å². The third-order valence-corrected chi connectivity index (χ3v) is 2.47. The zero-order valence-corrected chi connectivity index (χ0v) is 10.4. The largest absolute Gasteiger partial charge is 0.367 e. The Hall–Kier alpha value is -2.59. The number of benzene rings is 1. The van der Waals surface area contributed by atoms with Crippen LogP contribution in [0.4, 0.5) is 11.6 Å². The first-order valence-electron chi connectivity index (χ1n) is 5.23. The van der Waals surface area contributed by atoms with Crippen LogP contribution in [-0.2, 0) is 11.3 Å². The zero-order valence-electron chi connectivity index (χ0n) is 9.67. The van der Waals surface area contributed by atoms with Gasteiger partial charge in [-0.2, -0.15) is 5.26 Å². The number of hydrogen-bond acceptors (Lipinski definition) is 5. The summed E-state index contributed by atoms with van der Waals surface area (Å²) in [4.78, 5) is 15.5. The average molecular weight is 277 g/mol. The van der Waals surface area contributed by atoms with Crippen molar-refractivity contribution in [3.05, 3.63) is 35.1 Å². The van der Waals surface area contributed by atoms with E-state index >= 15 is 0 Å². The van der Waals surface area contributed by atoms with Gasteiger partial charge in [0.05, 0.1) is 11.3 Å². The molecule has 0 bridgehead atoms. The lowest BCUT2D eigenvalue weighted by molar-refractivity contribution is -0.116. The number of nitrogens with zero attached hydrogens (tertiary/aromatic N) is 4. The summed E-state index contributed by atoms with van der Waals surface area (Å²) >= 11 is 5.82. The van der Waals surface area contributed by atoms with Gasteiger partial charge in [-0.15, -0.1) is 5.10 Å². The van der Waals surface area contributed by atoms with Gasteiger partial charge in [0.15, 0.2) is 0 Å². The third-order valence-electron chi connectivity index (χ3n) is 2.24. The SMILES string of the molecule is N#Cc1ccc(Cl)cc1NC(=O)Cn1cnc(N)n1. The Balaban J connectivity index is 2.11. The Bertz CT molecular complexity index is 659. The van der Waals surface area contributed by atoms with Crippen molar-refractivity contribution in [1.82, 2.24) is 14.8 Å². The molecular weight excluding hydrogens is 268 g/mol. The summed E-state index contributed by atoms with van der Waals surface area (Å²) < 4.78 is 1.29. The van der Waals surface area contributed by atoms with E-state index in [0.717, 1.165) is 0 Å². The second-order valence-electron chi connectivity index (χ2n) is 3.65. The summed E-state index contributed by atoms with van der Waals surface area (Å²) in [7, 11) is 0. The normalized spacial score (nSPS) is 9.89. The molecule has 1 amide bonds. The van der Waals surface area contributed by atoms with Crippen molar-refractivity contribution in [3.63, 3.8) is 0 Å². The van der Waals surface area contributed by atoms with Gasteiger partial charge >= 0.3 is 0 Å². The Labute approximate surface area is 113 Å². The Morgan fingerprint density at radius 3 is 3.00 bits per heavy atom. The molecule has 0 aliphatic carbocycles. The topological polar surface area (TPSA) is 110 Å². The van der Waals surface area contributed by atoms with E-state index in [1.54, 1.807) is 6.07 Å². The minimum Gasteiger partial charge on any atom is -0.367 e. The molecule has 0 aliphatic rings. The molecule has 3 N–H and O–H groups in total. The van der Waals surface area contributed by atoms with Gasteiger partial charge in [0.25, 0.3) is 0 Å². The fourth-order valence-corrected chi connectivity index (χ4v) is 1.61. The number of aromatic nitrogens is 3. The molecule has 0 unspecified atom stereocenters. The summed E-state index contributed by atoms with van der Waals surface area (Å²) in [5, 5.41) is 15.7. The molecule has 0 atom stereocenters. The van der Waals surface area contributed by atoms with Crippen LogP contribution in [0.25, 0.3) is 0 Å². The molecule has 0 saturated carbocycles. The van der Waals surface area contributed by atoms with E-state index in [2.05, 4.69) is 15.4 Å². The predicted molar refractivity (Wildman–Crippen MR) is 69.2 cm³/mol. The number of carbonyl (C=O) groups excluding carboxylic acids is 1. The number of hydrogen-bond donors (Lipinski definition) is 2. The second kappa shape index (κ2) is 5.37. The smallest absolute Gasteiger partial charge is 0.246 e. The molecule has 1 aromatic carbocycles. The predicted octanol–water partition coefficient (Wildman–Crippen LogP) is 1.02. The van der Waals surface area contributed by atoms with Gasteiger partial charge in [-0.3, -0.25) is 4.79 Å². The molecule has 1 heterocycles. The fourth-order valence-electron chi connectivity index (χ4n) is 1.44. The molecule has 0 fully saturated rings. The molecule has 0 spiro atoms. The lowest BCUT2D eigenvalue weighted by atomic mass is 10.2. The molecule has 8 heteroatoms. The van der Waals surface area contributed by atoms with Crippen LogP contribution >= 0.6 is 11.6 Å². The van der Waals surface area contributed by atoms with Crippen molar-refractivity contribution in [2.45, 2.75) is 6.54 Å². The molecule has 2 rings (SSSR count). The maximum Gasteiger partial charge on any atom is 0.246 e. The molecule has 96 valence electrons. The summed E-state index contributed by atoms with van der Waals surface area (Å²) in [6.07, 6.45) is 1.35. The van der Waals surface area contributed by atoms with Crippen LogP contribution < -0.4 is 11.1 Å². The highest BCUT2D eigenvalue weighted by molar-refractivity contribution is 6.31. The molecule has 0 saturated heterocycles. The number of carbonyl (C=O) groups is 1. The maximum absolute atomic E-state index is 11.8. The van der Waals surface area contributed by atoms with Crippen molar-refractivity contribution in [3.8, 4) is 6.07 Å². The Kier molecular flexibility index (Phi) is 3.63. The van der Waals surface area contributed by atoms with Crippen molar-refractivity contribution in [2.24, 2.45) is 0 Å². The standard InChI is InChI=1S/C11H9ClN6O/c12-8-2-1-7(4-13)9(3-8)16-10(19)5-18-6-15-11(14)17-18/h1-3,6H,5H2,(H2,14,17)(H,16,19). The lowest BCUT2D eigenvalue weighted by Crippen LogP contribution is -2.19. The van der Waals surface area contributed by atoms with Crippen molar-refractivity contribution < 1.29 is 4.79 Å². The molecular formula is C11H9ClN6O. The number of anilines is 2. The maximum atomic E-state index is 11.8. The van der Waals surface area contributed by atoms with Gasteiger partial charge in [-0.25, -0.2) is 9.67 Å². The first-order valence-corrected chi connectivity index (χ1v) is 5.60. The second-order valence-corrected chi connectivity index (χ2v) is 4.09. The number of nitrogen functional groups attached to an aromatic ring is 1. The van der Waals surface area contributed by atoms with Crippen molar-refractivity contribution in [1.29, 1.82) is 5.26 Å². The van der Waals surface area contributed by atoms with Crippen LogP contribution in [0.2, 0.25) is 5.02 Å². The number of halogens is 1. The first kappa shape index (κ1) is 12.9. The van der Waals surface area contributed by atoms with Crippen LogP contribution in [0.1, 0.15) is 5.56 Å². The highest BCUT2D eigenvalue weighted by Crippen LogP contribution is 2.20. The van der Waals surface area contributed by atoms with E-state index in [-0.39, 0.29) is 18.4 Å². The van der Waals surface area contributed by atoms with Gasteiger partial charge in [-0.05, 0) is 18.2 Å². The van der Waals surface area contributed by atoms with Crippen LogP contribution in [0.15, 0.2) is 24.5 Å². The molecule has 0 aliphatic heterocycles. The zero-order chi connectivity index (χ0) is 13.8. The average Bonchev–Trinajstić information content (AvgIpc) is 2.75. The fraction of sp³-hybridized carbons (Fsp3) is 0.0909. The molecule has 7 nitrogen and oxygen atoms in total. The molecule has 0 radical (unpaired) electrons. The molecule has 19 heavy (non-hydrogen) atoms. The van der Waals surface area contributed by atoms with E-state index in [9.17, 15) is 4.79 Å². The van der Waals surface area contributed by atoms with Crippen LogP contribution in [0.3, 0.4) is 0 Å². The summed E-state index contributed by atoms with van der Waals surface area (Å²) in [5.74, 6) is -0.267. The molecule has 2 aromatic rings. The Morgan fingerprint density at radius 1 is 1.58 bits per heavy atom. The number of nitrogens with one attached hydrogen (secondary N) is 1. The Morgan fingerprint density at radius 2 is 2.37 bits per heavy atom. The monoisotopic (exact) mass is 276 g/mol. The highest BCUT2D eigenvalue weighted by atomic mass is 35.5. The summed E-state index contributed by atoms with van der Waals surface area (Å²) in [6.45, 7) is -0.0540. The van der Waals surface area contributed by atoms with E-state index in [1.165, 1.54) is 23.1 Å². The molecule has 1 aromatic heterocycles. The highest BCUT2D eigenvalue weighted by Gasteiger charge is 2.09. The first-order chi connectivity index (χ1) is 9.08. The number of nitrogens with two attached hydrogens (primary N) is 1. The number of nitriles is 1. The number of amides is 1. The third kappa shape index (κ3) is 3.20. The summed E-state index contributed by atoms with van der Waals surface area (Å²) in [6, 6.07) is 6.59. The van der Waals surface area contributed by atoms with Crippen molar-refractivity contribution >= 4 is 29.1 Å². The van der Waals surface area contributed by atoms with E-state index < -0.39 is 0 Å². The van der Waals surface area contributed by atoms with Crippen LogP contribution in [0.5, 0.6) is 0 Å². The van der Waals surface area contributed by atoms with Crippen molar-refractivity contribution in [2.75, 3.05) is 11.1 Å². The quantitative estimate of drug-likeness (QED) is 0.870.